The van der Waals surface area contributed by atoms with Crippen molar-refractivity contribution in [3.63, 3.8) is 0 Å². The van der Waals surface area contributed by atoms with Gasteiger partial charge in [0.2, 0.25) is 0 Å². The van der Waals surface area contributed by atoms with Crippen LogP contribution in [0, 0.1) is 0 Å². The molecule has 0 aliphatic carbocycles. The zero-order valence-corrected chi connectivity index (χ0v) is 9.93. The van der Waals surface area contributed by atoms with Crippen molar-refractivity contribution in [1.29, 1.82) is 0 Å². The van der Waals surface area contributed by atoms with Crippen molar-refractivity contribution < 1.29 is 9.53 Å². The van der Waals surface area contributed by atoms with Gasteiger partial charge in [-0.05, 0) is 18.6 Å². The molecule has 0 aromatic carbocycles. The van der Waals surface area contributed by atoms with Crippen molar-refractivity contribution in [3.8, 4) is 0 Å². The fraction of sp³-hybridized carbons (Fsp3) is 0.500. The third-order valence-corrected chi connectivity index (χ3v) is 2.82. The number of rotatable bonds is 2. The van der Waals surface area contributed by atoms with Gasteiger partial charge in [-0.15, -0.1) is 0 Å². The first-order valence-electron chi connectivity index (χ1n) is 5.80. The number of aromatic nitrogens is 1. The van der Waals surface area contributed by atoms with E-state index in [1.54, 1.807) is 17.3 Å². The Labute approximate surface area is 101 Å². The van der Waals surface area contributed by atoms with E-state index in [0.717, 1.165) is 5.56 Å². The van der Waals surface area contributed by atoms with E-state index >= 15 is 0 Å². The van der Waals surface area contributed by atoms with Crippen LogP contribution in [0.2, 0.25) is 0 Å². The highest BCUT2D eigenvalue weighted by atomic mass is 16.5. The number of nitrogens with zero attached hydrogens (tertiary/aromatic N) is 2. The fourth-order valence-corrected chi connectivity index (χ4v) is 1.76. The molecule has 1 fully saturated rings. The maximum Gasteiger partial charge on any atom is 0.318 e. The van der Waals surface area contributed by atoms with Gasteiger partial charge in [0.25, 0.3) is 0 Å². The third-order valence-electron chi connectivity index (χ3n) is 2.82. The first kappa shape index (κ1) is 11.9. The summed E-state index contributed by atoms with van der Waals surface area (Å²) in [6.45, 7) is 4.51. The summed E-state index contributed by atoms with van der Waals surface area (Å²) < 4.78 is 5.21. The lowest BCUT2D eigenvalue weighted by atomic mass is 10.1. The molecule has 0 radical (unpaired) electrons. The number of pyridine rings is 1. The van der Waals surface area contributed by atoms with Gasteiger partial charge in [0.15, 0.2) is 0 Å². The Kier molecular flexibility index (Phi) is 3.93. The molecule has 1 aliphatic heterocycles. The Bertz CT molecular complexity index is 363. The van der Waals surface area contributed by atoms with E-state index in [1.807, 2.05) is 19.1 Å². The SMILES string of the molecule is CC(NC(=O)N1CCOCC1)c1cccnc1. The molecular weight excluding hydrogens is 218 g/mol. The van der Waals surface area contributed by atoms with Gasteiger partial charge in [-0.1, -0.05) is 6.07 Å². The van der Waals surface area contributed by atoms with Crippen molar-refractivity contribution in [1.82, 2.24) is 15.2 Å². The molecule has 5 heteroatoms. The molecule has 1 aliphatic rings. The number of amides is 2. The summed E-state index contributed by atoms with van der Waals surface area (Å²) in [6, 6.07) is 3.76. The van der Waals surface area contributed by atoms with Crippen LogP contribution in [0.5, 0.6) is 0 Å². The summed E-state index contributed by atoms with van der Waals surface area (Å²) in [5.41, 5.74) is 1.01. The Morgan fingerprint density at radius 1 is 1.53 bits per heavy atom. The molecule has 17 heavy (non-hydrogen) atoms. The molecule has 0 saturated carbocycles. The van der Waals surface area contributed by atoms with Gasteiger partial charge < -0.3 is 15.0 Å². The third kappa shape index (κ3) is 3.17. The van der Waals surface area contributed by atoms with Gasteiger partial charge in [0, 0.05) is 25.5 Å². The van der Waals surface area contributed by atoms with Crippen LogP contribution in [0.4, 0.5) is 4.79 Å². The highest BCUT2D eigenvalue weighted by Crippen LogP contribution is 2.10. The van der Waals surface area contributed by atoms with Crippen molar-refractivity contribution >= 4 is 6.03 Å². The second kappa shape index (κ2) is 5.63. The molecular formula is C12H17N3O2. The standard InChI is InChI=1S/C12H17N3O2/c1-10(11-3-2-4-13-9-11)14-12(16)15-5-7-17-8-6-15/h2-4,9-10H,5-8H2,1H3,(H,14,16). The summed E-state index contributed by atoms with van der Waals surface area (Å²) in [6.07, 6.45) is 3.49. The van der Waals surface area contributed by atoms with E-state index in [2.05, 4.69) is 10.3 Å². The van der Waals surface area contributed by atoms with Gasteiger partial charge in [-0.25, -0.2) is 4.79 Å². The van der Waals surface area contributed by atoms with E-state index in [1.165, 1.54) is 0 Å². The number of urea groups is 1. The monoisotopic (exact) mass is 235 g/mol. The second-order valence-electron chi connectivity index (χ2n) is 4.06. The van der Waals surface area contributed by atoms with E-state index in [-0.39, 0.29) is 12.1 Å². The van der Waals surface area contributed by atoms with E-state index in [9.17, 15) is 4.79 Å². The van der Waals surface area contributed by atoms with Gasteiger partial charge >= 0.3 is 6.03 Å². The summed E-state index contributed by atoms with van der Waals surface area (Å²) in [5.74, 6) is 0. The highest BCUT2D eigenvalue weighted by molar-refractivity contribution is 5.74. The maximum atomic E-state index is 11.9. The average molecular weight is 235 g/mol. The number of hydrogen-bond acceptors (Lipinski definition) is 3. The predicted octanol–water partition coefficient (Wildman–Crippen LogP) is 1.18. The molecule has 1 N–H and O–H groups in total. The number of carbonyl (C=O) groups is 1. The van der Waals surface area contributed by atoms with Gasteiger partial charge in [-0.2, -0.15) is 0 Å². The summed E-state index contributed by atoms with van der Waals surface area (Å²) in [4.78, 5) is 17.7. The molecule has 0 spiro atoms. The molecule has 1 saturated heterocycles. The molecule has 1 aromatic heterocycles. The smallest absolute Gasteiger partial charge is 0.318 e. The Hall–Kier alpha value is -1.62. The molecule has 2 amide bonds. The largest absolute Gasteiger partial charge is 0.378 e. The lowest BCUT2D eigenvalue weighted by Gasteiger charge is -2.28. The Morgan fingerprint density at radius 2 is 2.29 bits per heavy atom. The molecule has 1 atom stereocenters. The number of ether oxygens (including phenoxy) is 1. The number of morpholine rings is 1. The number of carbonyl (C=O) groups excluding carboxylic acids is 1. The van der Waals surface area contributed by atoms with Crippen LogP contribution in [0.25, 0.3) is 0 Å². The van der Waals surface area contributed by atoms with Crippen LogP contribution in [0.1, 0.15) is 18.5 Å². The Morgan fingerprint density at radius 3 is 2.94 bits per heavy atom. The molecule has 1 unspecified atom stereocenters. The zero-order valence-electron chi connectivity index (χ0n) is 9.93. The summed E-state index contributed by atoms with van der Waals surface area (Å²) >= 11 is 0. The average Bonchev–Trinajstić information content (AvgIpc) is 2.40. The maximum absolute atomic E-state index is 11.9. The molecule has 5 nitrogen and oxygen atoms in total. The van der Waals surface area contributed by atoms with Crippen molar-refractivity contribution in [2.75, 3.05) is 26.3 Å². The zero-order chi connectivity index (χ0) is 12.1. The normalized spacial score (nSPS) is 17.6. The lowest BCUT2D eigenvalue weighted by Crippen LogP contribution is -2.46. The van der Waals surface area contributed by atoms with Crippen molar-refractivity contribution in [2.24, 2.45) is 0 Å². The van der Waals surface area contributed by atoms with E-state index in [0.29, 0.717) is 26.3 Å². The summed E-state index contributed by atoms with van der Waals surface area (Å²) in [7, 11) is 0. The summed E-state index contributed by atoms with van der Waals surface area (Å²) in [5, 5.41) is 2.96. The quantitative estimate of drug-likeness (QED) is 0.837. The molecule has 92 valence electrons. The van der Waals surface area contributed by atoms with Gasteiger partial charge in [0.1, 0.15) is 0 Å². The van der Waals surface area contributed by atoms with Crippen LogP contribution < -0.4 is 5.32 Å². The highest BCUT2D eigenvalue weighted by Gasteiger charge is 2.18. The minimum absolute atomic E-state index is 0.0287. The van der Waals surface area contributed by atoms with E-state index < -0.39 is 0 Å². The molecule has 2 heterocycles. The van der Waals surface area contributed by atoms with Gasteiger partial charge in [-0.3, -0.25) is 4.98 Å². The van der Waals surface area contributed by atoms with Crippen molar-refractivity contribution in [3.05, 3.63) is 30.1 Å². The van der Waals surface area contributed by atoms with Crippen LogP contribution in [-0.2, 0) is 4.74 Å². The Balaban J connectivity index is 1.89. The molecule has 1 aromatic rings. The van der Waals surface area contributed by atoms with E-state index in [4.69, 9.17) is 4.74 Å². The van der Waals surface area contributed by atoms with Crippen LogP contribution in [-0.4, -0.2) is 42.2 Å². The van der Waals surface area contributed by atoms with Crippen LogP contribution in [0.15, 0.2) is 24.5 Å². The van der Waals surface area contributed by atoms with Crippen molar-refractivity contribution in [2.45, 2.75) is 13.0 Å². The topological polar surface area (TPSA) is 54.5 Å². The fourth-order valence-electron chi connectivity index (χ4n) is 1.76. The number of hydrogen-bond donors (Lipinski definition) is 1. The van der Waals surface area contributed by atoms with Crippen LogP contribution >= 0.6 is 0 Å². The van der Waals surface area contributed by atoms with Gasteiger partial charge in [0.05, 0.1) is 19.3 Å². The number of nitrogens with one attached hydrogen (secondary N) is 1. The molecule has 0 bridgehead atoms. The first-order chi connectivity index (χ1) is 8.27. The predicted molar refractivity (Wildman–Crippen MR) is 63.6 cm³/mol. The minimum Gasteiger partial charge on any atom is -0.378 e. The van der Waals surface area contributed by atoms with Crippen LogP contribution in [0.3, 0.4) is 0 Å². The first-order valence-corrected chi connectivity index (χ1v) is 5.80. The lowest BCUT2D eigenvalue weighted by molar-refractivity contribution is 0.0526. The minimum atomic E-state index is -0.0374. The second-order valence-corrected chi connectivity index (χ2v) is 4.06. The molecule has 2 rings (SSSR count).